The molecule has 1 heterocycles. The van der Waals surface area contributed by atoms with E-state index in [0.29, 0.717) is 28.9 Å². The predicted octanol–water partition coefficient (Wildman–Crippen LogP) is 4.49. The first kappa shape index (κ1) is 18.7. The van der Waals surface area contributed by atoms with Crippen molar-refractivity contribution in [2.45, 2.75) is 16.7 Å². The molecule has 0 saturated carbocycles. The van der Waals surface area contributed by atoms with Crippen molar-refractivity contribution in [2.75, 3.05) is 26.0 Å². The fraction of sp³-hybridized carbons (Fsp3) is 0.312. The average Bonchev–Trinajstić information content (AvgIpc) is 3.02. The molecule has 0 aliphatic rings. The number of carbonyl (C=O) groups is 1. The molecule has 2 rings (SSSR count). The van der Waals surface area contributed by atoms with Crippen molar-refractivity contribution < 1.29 is 13.6 Å². The lowest BCUT2D eigenvalue weighted by Crippen LogP contribution is -2.36. The summed E-state index contributed by atoms with van der Waals surface area (Å²) in [5.74, 6) is -2.53. The molecular weight excluding hydrogens is 352 g/mol. The quantitative estimate of drug-likeness (QED) is 0.705. The van der Waals surface area contributed by atoms with Crippen molar-refractivity contribution >= 4 is 34.8 Å². The summed E-state index contributed by atoms with van der Waals surface area (Å²) in [6.07, 6.45) is 0. The molecule has 0 saturated heterocycles. The van der Waals surface area contributed by atoms with Gasteiger partial charge >= 0.3 is 6.03 Å². The molecule has 1 atom stereocenters. The Labute approximate surface area is 148 Å². The van der Waals surface area contributed by atoms with Crippen LogP contribution in [-0.2, 0) is 0 Å². The van der Waals surface area contributed by atoms with E-state index in [1.165, 1.54) is 0 Å². The molecule has 2 aromatic rings. The van der Waals surface area contributed by atoms with Gasteiger partial charge in [-0.15, -0.1) is 11.3 Å². The molecule has 4 nitrogen and oxygen atoms in total. The van der Waals surface area contributed by atoms with Crippen LogP contribution < -0.4 is 10.6 Å². The molecule has 1 aromatic carbocycles. The number of halogens is 2. The molecule has 0 aliphatic carbocycles. The molecule has 2 N–H and O–H groups in total. The molecule has 0 radical (unpaired) electrons. The first-order chi connectivity index (χ1) is 11.5. The van der Waals surface area contributed by atoms with E-state index in [4.69, 9.17) is 0 Å². The summed E-state index contributed by atoms with van der Waals surface area (Å²) < 4.78 is 25.1. The number of hydrogen-bond acceptors (Lipinski definition) is 4. The summed E-state index contributed by atoms with van der Waals surface area (Å²) in [7, 11) is 3.89. The number of amides is 2. The average molecular weight is 371 g/mol. The van der Waals surface area contributed by atoms with Crippen molar-refractivity contribution in [1.29, 1.82) is 0 Å². The van der Waals surface area contributed by atoms with E-state index in [0.717, 1.165) is 4.88 Å². The Morgan fingerprint density at radius 3 is 2.62 bits per heavy atom. The monoisotopic (exact) mass is 371 g/mol. The second-order valence-corrected chi connectivity index (χ2v) is 7.22. The summed E-state index contributed by atoms with van der Waals surface area (Å²) in [5, 5.41) is 7.43. The number of nitrogens with one attached hydrogen (secondary N) is 2. The largest absolute Gasteiger partial charge is 0.336 e. The van der Waals surface area contributed by atoms with E-state index in [9.17, 15) is 13.6 Å². The fourth-order valence-corrected chi connectivity index (χ4v) is 3.66. The minimum Gasteiger partial charge on any atom is -0.336 e. The second-order valence-electron chi connectivity index (χ2n) is 5.20. The SMILES string of the molecule is CN(C)C(CNC(=O)Nc1ccccc1SC(F)F)c1cccs1. The second kappa shape index (κ2) is 9.00. The van der Waals surface area contributed by atoms with E-state index >= 15 is 0 Å². The van der Waals surface area contributed by atoms with E-state index in [-0.39, 0.29) is 6.04 Å². The topological polar surface area (TPSA) is 44.4 Å². The van der Waals surface area contributed by atoms with Gasteiger partial charge in [0.25, 0.3) is 5.76 Å². The van der Waals surface area contributed by atoms with Crippen molar-refractivity contribution in [1.82, 2.24) is 10.2 Å². The van der Waals surface area contributed by atoms with Gasteiger partial charge in [0, 0.05) is 16.3 Å². The highest BCUT2D eigenvalue weighted by atomic mass is 32.2. The lowest BCUT2D eigenvalue weighted by molar-refractivity contribution is 0.243. The number of rotatable bonds is 7. The fourth-order valence-electron chi connectivity index (χ4n) is 2.14. The lowest BCUT2D eigenvalue weighted by atomic mass is 10.2. The first-order valence-electron chi connectivity index (χ1n) is 7.26. The maximum Gasteiger partial charge on any atom is 0.319 e. The summed E-state index contributed by atoms with van der Waals surface area (Å²) in [5.41, 5.74) is 0.373. The molecule has 130 valence electrons. The van der Waals surface area contributed by atoms with E-state index in [2.05, 4.69) is 10.6 Å². The Kier molecular flexibility index (Phi) is 7.01. The van der Waals surface area contributed by atoms with Gasteiger partial charge in [0.1, 0.15) is 0 Å². The number of alkyl halides is 2. The van der Waals surface area contributed by atoms with Gasteiger partial charge in [-0.3, -0.25) is 0 Å². The normalized spacial score (nSPS) is 12.4. The van der Waals surface area contributed by atoms with Crippen molar-refractivity contribution in [2.24, 2.45) is 0 Å². The standard InChI is InChI=1S/C16H19F2N3OS2/c1-21(2)12(14-8-5-9-23-14)10-19-16(22)20-11-6-3-4-7-13(11)24-15(17)18/h3-9,12,15H,10H2,1-2H3,(H2,19,20,22). The van der Waals surface area contributed by atoms with Crippen LogP contribution in [0.4, 0.5) is 19.3 Å². The van der Waals surface area contributed by atoms with Gasteiger partial charge in [0.2, 0.25) is 0 Å². The van der Waals surface area contributed by atoms with Gasteiger partial charge in [-0.05, 0) is 37.7 Å². The Hall–Kier alpha value is -1.64. The highest BCUT2D eigenvalue weighted by Gasteiger charge is 2.17. The molecule has 24 heavy (non-hydrogen) atoms. The summed E-state index contributed by atoms with van der Waals surface area (Å²) in [6.45, 7) is 0.420. The molecule has 1 aromatic heterocycles. The van der Waals surface area contributed by atoms with Crippen molar-refractivity contribution in [3.05, 3.63) is 46.7 Å². The third-order valence-corrected chi connectivity index (χ3v) is 5.06. The van der Waals surface area contributed by atoms with Gasteiger partial charge in [-0.25, -0.2) is 4.79 Å². The molecule has 1 unspecified atom stereocenters. The molecule has 0 aliphatic heterocycles. The van der Waals surface area contributed by atoms with Crippen LogP contribution in [0.5, 0.6) is 0 Å². The highest BCUT2D eigenvalue weighted by molar-refractivity contribution is 7.99. The highest BCUT2D eigenvalue weighted by Crippen LogP contribution is 2.31. The zero-order chi connectivity index (χ0) is 17.5. The lowest BCUT2D eigenvalue weighted by Gasteiger charge is -2.23. The summed E-state index contributed by atoms with van der Waals surface area (Å²) >= 11 is 2.04. The van der Waals surface area contributed by atoms with Crippen molar-refractivity contribution in [3.8, 4) is 0 Å². The number of anilines is 1. The third kappa shape index (κ3) is 5.47. The zero-order valence-electron chi connectivity index (χ0n) is 13.3. The van der Waals surface area contributed by atoms with Gasteiger partial charge in [0.15, 0.2) is 0 Å². The molecule has 8 heteroatoms. The molecule has 0 bridgehead atoms. The first-order valence-corrected chi connectivity index (χ1v) is 9.02. The van der Waals surface area contributed by atoms with Crippen LogP contribution in [0.3, 0.4) is 0 Å². The van der Waals surface area contributed by atoms with Gasteiger partial charge < -0.3 is 15.5 Å². The Morgan fingerprint density at radius 2 is 2.00 bits per heavy atom. The summed E-state index contributed by atoms with van der Waals surface area (Å²) in [6, 6.07) is 10.1. The third-order valence-electron chi connectivity index (χ3n) is 3.30. The molecule has 0 spiro atoms. The predicted molar refractivity (Wildman–Crippen MR) is 96.1 cm³/mol. The molecular formula is C16H19F2N3OS2. The van der Waals surface area contributed by atoms with Gasteiger partial charge in [-0.1, -0.05) is 30.0 Å². The molecule has 2 amide bonds. The minimum atomic E-state index is -2.53. The number of benzene rings is 1. The number of hydrogen-bond donors (Lipinski definition) is 2. The maximum absolute atomic E-state index is 12.6. The van der Waals surface area contributed by atoms with Crippen LogP contribution in [0.25, 0.3) is 0 Å². The number of thioether (sulfide) groups is 1. The Morgan fingerprint density at radius 1 is 1.25 bits per heavy atom. The van der Waals surface area contributed by atoms with E-state index < -0.39 is 11.8 Å². The number of nitrogens with zero attached hydrogens (tertiary/aromatic N) is 1. The van der Waals surface area contributed by atoms with Gasteiger partial charge in [0.05, 0.1) is 11.7 Å². The van der Waals surface area contributed by atoms with Crippen LogP contribution in [-0.4, -0.2) is 37.3 Å². The number of para-hydroxylation sites is 1. The van der Waals surface area contributed by atoms with E-state index in [1.807, 2.05) is 36.5 Å². The van der Waals surface area contributed by atoms with Gasteiger partial charge in [-0.2, -0.15) is 8.78 Å². The zero-order valence-corrected chi connectivity index (χ0v) is 15.0. The Balaban J connectivity index is 1.96. The summed E-state index contributed by atoms with van der Waals surface area (Å²) in [4.78, 5) is 15.6. The van der Waals surface area contributed by atoms with Crippen LogP contribution in [0.2, 0.25) is 0 Å². The number of likely N-dealkylation sites (N-methyl/N-ethyl adjacent to an activating group) is 1. The van der Waals surface area contributed by atoms with Crippen LogP contribution in [0, 0.1) is 0 Å². The van der Waals surface area contributed by atoms with Crippen LogP contribution in [0.15, 0.2) is 46.7 Å². The number of urea groups is 1. The molecule has 0 fully saturated rings. The van der Waals surface area contributed by atoms with Crippen LogP contribution >= 0.6 is 23.1 Å². The number of thiophene rings is 1. The minimum absolute atomic E-state index is 0.0569. The number of carbonyl (C=O) groups excluding carboxylic acids is 1. The smallest absolute Gasteiger partial charge is 0.319 e. The Bertz CT molecular complexity index is 651. The van der Waals surface area contributed by atoms with Crippen LogP contribution in [0.1, 0.15) is 10.9 Å². The maximum atomic E-state index is 12.6. The van der Waals surface area contributed by atoms with Crippen molar-refractivity contribution in [3.63, 3.8) is 0 Å². The van der Waals surface area contributed by atoms with E-state index in [1.54, 1.807) is 35.6 Å².